The highest BCUT2D eigenvalue weighted by Crippen LogP contribution is 2.48. The first-order valence-corrected chi connectivity index (χ1v) is 9.52. The van der Waals surface area contributed by atoms with Gasteiger partial charge in [0.1, 0.15) is 5.75 Å². The quantitative estimate of drug-likeness (QED) is 0.820. The molecule has 0 bridgehead atoms. The number of hydrogen-bond donors (Lipinski definition) is 0. The van der Waals surface area contributed by atoms with E-state index in [4.69, 9.17) is 14.2 Å². The molecule has 3 nitrogen and oxygen atoms in total. The van der Waals surface area contributed by atoms with Gasteiger partial charge in [-0.15, -0.1) is 0 Å². The predicted molar refractivity (Wildman–Crippen MR) is 94.2 cm³/mol. The number of hydrogen-bond acceptors (Lipinski definition) is 3. The minimum absolute atomic E-state index is 0.287. The fourth-order valence-electron chi connectivity index (χ4n) is 5.23. The van der Waals surface area contributed by atoms with Gasteiger partial charge in [0.25, 0.3) is 0 Å². The van der Waals surface area contributed by atoms with Gasteiger partial charge in [-0.3, -0.25) is 0 Å². The van der Waals surface area contributed by atoms with E-state index >= 15 is 0 Å². The Kier molecular flexibility index (Phi) is 4.34. The highest BCUT2D eigenvalue weighted by molar-refractivity contribution is 5.42. The van der Waals surface area contributed by atoms with Crippen LogP contribution in [0.5, 0.6) is 5.75 Å². The van der Waals surface area contributed by atoms with E-state index in [2.05, 4.69) is 18.2 Å². The van der Waals surface area contributed by atoms with Crippen LogP contribution < -0.4 is 4.74 Å². The lowest BCUT2D eigenvalue weighted by molar-refractivity contribution is -0.139. The van der Waals surface area contributed by atoms with Crippen molar-refractivity contribution in [2.45, 2.75) is 64.3 Å². The molecule has 132 valence electrons. The van der Waals surface area contributed by atoms with Crippen molar-refractivity contribution in [2.75, 3.05) is 13.7 Å². The molecule has 0 N–H and O–H groups in total. The zero-order valence-electron chi connectivity index (χ0n) is 15.2. The molecule has 4 atom stereocenters. The molecule has 1 aromatic carbocycles. The van der Waals surface area contributed by atoms with Crippen molar-refractivity contribution in [3.05, 3.63) is 29.3 Å². The third-order valence-electron chi connectivity index (χ3n) is 6.42. The van der Waals surface area contributed by atoms with Gasteiger partial charge in [-0.25, -0.2) is 0 Å². The van der Waals surface area contributed by atoms with E-state index in [-0.39, 0.29) is 11.9 Å². The van der Waals surface area contributed by atoms with Gasteiger partial charge < -0.3 is 14.2 Å². The van der Waals surface area contributed by atoms with Crippen LogP contribution in [0.1, 0.15) is 50.7 Å². The largest absolute Gasteiger partial charge is 0.496 e. The van der Waals surface area contributed by atoms with Gasteiger partial charge in [0.2, 0.25) is 0 Å². The summed E-state index contributed by atoms with van der Waals surface area (Å²) in [7, 11) is 1.80. The van der Waals surface area contributed by atoms with Crippen LogP contribution in [0.4, 0.5) is 0 Å². The van der Waals surface area contributed by atoms with Gasteiger partial charge in [-0.05, 0) is 87.3 Å². The SMILES string of the molecule is COc1cccc2c1C[C@H]1CC[C@H](CC[C@@H]3COC(C)(C)O3)[C@H]1C2. The van der Waals surface area contributed by atoms with E-state index in [1.54, 1.807) is 7.11 Å². The summed E-state index contributed by atoms with van der Waals surface area (Å²) < 4.78 is 17.3. The van der Waals surface area contributed by atoms with E-state index in [1.807, 2.05) is 13.8 Å². The summed E-state index contributed by atoms with van der Waals surface area (Å²) in [6, 6.07) is 6.57. The van der Waals surface area contributed by atoms with Crippen LogP contribution in [0.3, 0.4) is 0 Å². The van der Waals surface area contributed by atoms with Crippen molar-refractivity contribution < 1.29 is 14.2 Å². The molecule has 0 spiro atoms. The smallest absolute Gasteiger partial charge is 0.163 e. The molecule has 2 aliphatic carbocycles. The maximum absolute atomic E-state index is 5.99. The van der Waals surface area contributed by atoms with Crippen molar-refractivity contribution in [2.24, 2.45) is 17.8 Å². The number of rotatable bonds is 4. The predicted octanol–water partition coefficient (Wildman–Crippen LogP) is 4.37. The van der Waals surface area contributed by atoms with Gasteiger partial charge in [0.05, 0.1) is 19.8 Å². The minimum atomic E-state index is -0.386. The Balaban J connectivity index is 1.40. The van der Waals surface area contributed by atoms with Crippen molar-refractivity contribution >= 4 is 0 Å². The summed E-state index contributed by atoms with van der Waals surface area (Å²) in [6.07, 6.45) is 7.90. The number of ether oxygens (including phenoxy) is 3. The second kappa shape index (κ2) is 6.34. The number of benzene rings is 1. The normalized spacial score (nSPS) is 34.0. The molecule has 0 radical (unpaired) electrons. The fourth-order valence-corrected chi connectivity index (χ4v) is 5.23. The molecule has 0 unspecified atom stereocenters. The van der Waals surface area contributed by atoms with E-state index < -0.39 is 0 Å². The molecule has 1 aliphatic heterocycles. The average molecular weight is 330 g/mol. The number of methoxy groups -OCH3 is 1. The van der Waals surface area contributed by atoms with Gasteiger partial charge >= 0.3 is 0 Å². The van der Waals surface area contributed by atoms with E-state index in [9.17, 15) is 0 Å². The van der Waals surface area contributed by atoms with Crippen LogP contribution in [0.15, 0.2) is 18.2 Å². The van der Waals surface area contributed by atoms with Crippen molar-refractivity contribution in [3.8, 4) is 5.75 Å². The van der Waals surface area contributed by atoms with Gasteiger partial charge in [0, 0.05) is 0 Å². The van der Waals surface area contributed by atoms with Gasteiger partial charge in [-0.2, -0.15) is 0 Å². The van der Waals surface area contributed by atoms with Crippen LogP contribution >= 0.6 is 0 Å². The molecule has 3 heteroatoms. The van der Waals surface area contributed by atoms with Crippen LogP contribution in [0.25, 0.3) is 0 Å². The van der Waals surface area contributed by atoms with E-state index in [0.29, 0.717) is 0 Å². The Bertz CT molecular complexity index is 595. The molecule has 1 aromatic rings. The third kappa shape index (κ3) is 3.09. The van der Waals surface area contributed by atoms with Crippen LogP contribution in [0.2, 0.25) is 0 Å². The topological polar surface area (TPSA) is 27.7 Å². The zero-order valence-corrected chi connectivity index (χ0v) is 15.2. The lowest BCUT2D eigenvalue weighted by Crippen LogP contribution is -2.26. The van der Waals surface area contributed by atoms with E-state index in [0.717, 1.165) is 36.5 Å². The summed E-state index contributed by atoms with van der Waals surface area (Å²) >= 11 is 0. The molecule has 24 heavy (non-hydrogen) atoms. The second-order valence-corrected chi connectivity index (χ2v) is 8.30. The fraction of sp³-hybridized carbons (Fsp3) is 0.714. The summed E-state index contributed by atoms with van der Waals surface area (Å²) in [5.74, 6) is 3.24. The first-order valence-electron chi connectivity index (χ1n) is 9.52. The summed E-state index contributed by atoms with van der Waals surface area (Å²) in [6.45, 7) is 4.79. The van der Waals surface area contributed by atoms with Crippen LogP contribution in [-0.4, -0.2) is 25.6 Å². The highest BCUT2D eigenvalue weighted by Gasteiger charge is 2.40. The molecule has 3 aliphatic rings. The standard InChI is InChI=1S/C21H30O3/c1-21(2)23-13-17(24-21)10-9-14-7-8-16-12-19-15(11-18(14)16)5-4-6-20(19)22-3/h4-6,14,16-18H,7-13H2,1-3H3/t14-,16-,17-,18-/m1/s1. The maximum Gasteiger partial charge on any atom is 0.163 e. The van der Waals surface area contributed by atoms with Crippen molar-refractivity contribution in [1.29, 1.82) is 0 Å². The lowest BCUT2D eigenvalue weighted by atomic mass is 9.73. The molecule has 2 fully saturated rings. The van der Waals surface area contributed by atoms with Gasteiger partial charge in [0.15, 0.2) is 5.79 Å². The first-order chi connectivity index (χ1) is 11.6. The minimum Gasteiger partial charge on any atom is -0.496 e. The molecule has 4 rings (SSSR count). The van der Waals surface area contributed by atoms with E-state index in [1.165, 1.54) is 43.2 Å². The molecular weight excluding hydrogens is 300 g/mol. The van der Waals surface area contributed by atoms with Gasteiger partial charge in [-0.1, -0.05) is 12.1 Å². The Hall–Kier alpha value is -1.06. The number of fused-ring (bicyclic) bond motifs is 2. The Morgan fingerprint density at radius 3 is 2.79 bits per heavy atom. The molecule has 0 amide bonds. The van der Waals surface area contributed by atoms with Crippen LogP contribution in [-0.2, 0) is 22.3 Å². The molecular formula is C21H30O3. The highest BCUT2D eigenvalue weighted by atomic mass is 16.7. The Labute approximate surface area is 145 Å². The first kappa shape index (κ1) is 16.4. The average Bonchev–Trinajstić information content (AvgIpc) is 3.12. The van der Waals surface area contributed by atoms with Crippen molar-refractivity contribution in [3.63, 3.8) is 0 Å². The summed E-state index contributed by atoms with van der Waals surface area (Å²) in [5.41, 5.74) is 2.99. The molecule has 0 aromatic heterocycles. The molecule has 1 saturated carbocycles. The summed E-state index contributed by atoms with van der Waals surface area (Å²) in [5, 5.41) is 0. The Morgan fingerprint density at radius 2 is 2.04 bits per heavy atom. The molecule has 1 heterocycles. The maximum atomic E-state index is 5.99. The Morgan fingerprint density at radius 1 is 1.17 bits per heavy atom. The second-order valence-electron chi connectivity index (χ2n) is 8.30. The molecule has 1 saturated heterocycles. The van der Waals surface area contributed by atoms with Crippen molar-refractivity contribution in [1.82, 2.24) is 0 Å². The monoisotopic (exact) mass is 330 g/mol. The third-order valence-corrected chi connectivity index (χ3v) is 6.42. The zero-order chi connectivity index (χ0) is 16.7. The van der Waals surface area contributed by atoms with Crippen LogP contribution in [0, 0.1) is 17.8 Å². The lowest BCUT2D eigenvalue weighted by Gasteiger charge is -2.32. The summed E-state index contributed by atoms with van der Waals surface area (Å²) in [4.78, 5) is 0.